The van der Waals surface area contributed by atoms with Gasteiger partial charge in [0, 0.05) is 30.2 Å². The van der Waals surface area contributed by atoms with Crippen LogP contribution in [0.1, 0.15) is 16.7 Å². The maximum atomic E-state index is 14.0. The van der Waals surface area contributed by atoms with Gasteiger partial charge in [-0.25, -0.2) is 17.8 Å². The lowest BCUT2D eigenvalue weighted by atomic mass is 10.0. The van der Waals surface area contributed by atoms with Crippen molar-refractivity contribution in [3.8, 4) is 0 Å². The largest absolute Gasteiger partial charge is 0.339 e. The van der Waals surface area contributed by atoms with Gasteiger partial charge in [-0.3, -0.25) is 4.98 Å². The maximum absolute atomic E-state index is 14.0. The van der Waals surface area contributed by atoms with Gasteiger partial charge in [0.05, 0.1) is 22.3 Å². The molecule has 162 valence electrons. The molecule has 0 unspecified atom stereocenters. The number of pyridine rings is 2. The zero-order valence-electron chi connectivity index (χ0n) is 17.4. The average molecular weight is 449 g/mol. The fraction of sp³-hybridized carbons (Fsp3) is 0.167. The Morgan fingerprint density at radius 3 is 2.75 bits per heavy atom. The smallest absolute Gasteiger partial charge is 0.243 e. The monoisotopic (exact) mass is 448 g/mol. The maximum Gasteiger partial charge on any atom is 0.243 e. The summed E-state index contributed by atoms with van der Waals surface area (Å²) < 4.78 is 41.5. The molecular formula is C24H21FN4O2S. The van der Waals surface area contributed by atoms with Gasteiger partial charge in [0.2, 0.25) is 10.0 Å². The van der Waals surface area contributed by atoms with E-state index in [0.29, 0.717) is 24.3 Å². The van der Waals surface area contributed by atoms with E-state index >= 15 is 0 Å². The molecule has 0 bridgehead atoms. The molecule has 0 atom stereocenters. The number of nitrogens with one attached hydrogen (secondary N) is 1. The molecule has 3 heterocycles. The zero-order chi connectivity index (χ0) is 22.3. The molecule has 2 aromatic heterocycles. The van der Waals surface area contributed by atoms with Crippen LogP contribution in [-0.2, 0) is 23.0 Å². The molecule has 2 aromatic carbocycles. The molecule has 0 amide bonds. The van der Waals surface area contributed by atoms with Crippen LogP contribution in [0, 0.1) is 12.7 Å². The normalized spacial score (nSPS) is 14.3. The summed E-state index contributed by atoms with van der Waals surface area (Å²) in [4.78, 5) is 8.92. The van der Waals surface area contributed by atoms with Crippen LogP contribution in [0.4, 0.5) is 15.9 Å². The number of hydrogen-bond acceptors (Lipinski definition) is 5. The standard InChI is InChI=1S/C24H21FN4O2S/c1-16-6-7-20(13-22(16)25)32(30,31)29-11-9-21-18(15-29)8-10-26-24(21)28-19-12-17-4-2-3-5-23(17)27-14-19/h2-8,10,12-14H,9,11,15H2,1H3,(H,26,28). The van der Waals surface area contributed by atoms with Crippen LogP contribution < -0.4 is 5.32 Å². The molecular weight excluding hydrogens is 427 g/mol. The van der Waals surface area contributed by atoms with Gasteiger partial charge >= 0.3 is 0 Å². The van der Waals surface area contributed by atoms with Gasteiger partial charge in [-0.15, -0.1) is 0 Å². The summed E-state index contributed by atoms with van der Waals surface area (Å²) in [5, 5.41) is 4.35. The molecule has 8 heteroatoms. The van der Waals surface area contributed by atoms with Gasteiger partial charge in [-0.05, 0) is 54.8 Å². The fourth-order valence-corrected chi connectivity index (χ4v) is 5.37. The number of rotatable bonds is 4. The summed E-state index contributed by atoms with van der Waals surface area (Å²) in [6.07, 6.45) is 3.92. The lowest BCUT2D eigenvalue weighted by molar-refractivity contribution is 0.391. The van der Waals surface area contributed by atoms with Crippen LogP contribution in [0.2, 0.25) is 0 Å². The highest BCUT2D eigenvalue weighted by Crippen LogP contribution is 2.30. The minimum atomic E-state index is -3.80. The number of benzene rings is 2. The molecule has 0 saturated carbocycles. The van der Waals surface area contributed by atoms with Crippen LogP contribution in [0.3, 0.4) is 0 Å². The highest BCUT2D eigenvalue weighted by molar-refractivity contribution is 7.89. The third-order valence-electron chi connectivity index (χ3n) is 5.75. The summed E-state index contributed by atoms with van der Waals surface area (Å²) >= 11 is 0. The van der Waals surface area contributed by atoms with Crippen molar-refractivity contribution in [1.29, 1.82) is 0 Å². The molecule has 5 rings (SSSR count). The van der Waals surface area contributed by atoms with Gasteiger partial charge in [0.25, 0.3) is 0 Å². The van der Waals surface area contributed by atoms with Crippen LogP contribution in [0.25, 0.3) is 10.9 Å². The number of anilines is 2. The topological polar surface area (TPSA) is 75.2 Å². The summed E-state index contributed by atoms with van der Waals surface area (Å²) in [7, 11) is -3.80. The Morgan fingerprint density at radius 2 is 1.91 bits per heavy atom. The number of aryl methyl sites for hydroxylation is 1. The van der Waals surface area contributed by atoms with Crippen molar-refractivity contribution >= 4 is 32.4 Å². The molecule has 0 saturated heterocycles. The molecule has 0 aliphatic carbocycles. The molecule has 4 aromatic rings. The van der Waals surface area contributed by atoms with Crippen molar-refractivity contribution in [3.05, 3.63) is 89.5 Å². The van der Waals surface area contributed by atoms with Gasteiger partial charge < -0.3 is 5.32 Å². The number of hydrogen-bond donors (Lipinski definition) is 1. The minimum absolute atomic E-state index is 0.0290. The Hall–Kier alpha value is -3.36. The first kappa shape index (κ1) is 20.5. The molecule has 1 aliphatic heterocycles. The highest BCUT2D eigenvalue weighted by Gasteiger charge is 2.30. The lowest BCUT2D eigenvalue weighted by Gasteiger charge is -2.29. The van der Waals surface area contributed by atoms with Crippen LogP contribution in [-0.4, -0.2) is 29.2 Å². The van der Waals surface area contributed by atoms with Crippen molar-refractivity contribution in [2.24, 2.45) is 0 Å². The molecule has 6 nitrogen and oxygen atoms in total. The average Bonchev–Trinajstić information content (AvgIpc) is 2.80. The van der Waals surface area contributed by atoms with E-state index in [-0.39, 0.29) is 11.4 Å². The van der Waals surface area contributed by atoms with Crippen LogP contribution in [0.15, 0.2) is 71.9 Å². The minimum Gasteiger partial charge on any atom is -0.339 e. The van der Waals surface area contributed by atoms with Crippen molar-refractivity contribution < 1.29 is 12.8 Å². The first-order chi connectivity index (χ1) is 15.4. The summed E-state index contributed by atoms with van der Waals surface area (Å²) in [6.45, 7) is 2.11. The third-order valence-corrected chi connectivity index (χ3v) is 7.59. The fourth-order valence-electron chi connectivity index (χ4n) is 3.94. The zero-order valence-corrected chi connectivity index (χ0v) is 18.2. The summed E-state index contributed by atoms with van der Waals surface area (Å²) in [5.41, 5.74) is 3.99. The summed E-state index contributed by atoms with van der Waals surface area (Å²) in [6, 6.07) is 15.7. The second-order valence-electron chi connectivity index (χ2n) is 7.84. The molecule has 0 radical (unpaired) electrons. The highest BCUT2D eigenvalue weighted by atomic mass is 32.2. The Labute approximate surface area is 185 Å². The number of halogens is 1. The Morgan fingerprint density at radius 1 is 1.06 bits per heavy atom. The van der Waals surface area contributed by atoms with E-state index < -0.39 is 15.8 Å². The Balaban J connectivity index is 1.42. The molecule has 1 aliphatic rings. The van der Waals surface area contributed by atoms with Crippen molar-refractivity contribution in [2.45, 2.75) is 24.8 Å². The second kappa shape index (κ2) is 7.96. The first-order valence-corrected chi connectivity index (χ1v) is 11.7. The van der Waals surface area contributed by atoms with Crippen molar-refractivity contribution in [3.63, 3.8) is 0 Å². The molecule has 32 heavy (non-hydrogen) atoms. The molecule has 1 N–H and O–H groups in total. The number of para-hydroxylation sites is 1. The van der Waals surface area contributed by atoms with E-state index in [2.05, 4.69) is 15.3 Å². The van der Waals surface area contributed by atoms with Crippen LogP contribution in [0.5, 0.6) is 0 Å². The predicted molar refractivity (Wildman–Crippen MR) is 122 cm³/mol. The molecule has 0 fully saturated rings. The van der Waals surface area contributed by atoms with E-state index in [9.17, 15) is 12.8 Å². The van der Waals surface area contributed by atoms with Crippen molar-refractivity contribution in [1.82, 2.24) is 14.3 Å². The van der Waals surface area contributed by atoms with Gasteiger partial charge in [0.15, 0.2) is 0 Å². The third kappa shape index (κ3) is 3.72. The molecule has 0 spiro atoms. The van der Waals surface area contributed by atoms with E-state index in [4.69, 9.17) is 0 Å². The number of nitrogens with zero attached hydrogens (tertiary/aromatic N) is 3. The van der Waals surface area contributed by atoms with Gasteiger partial charge in [-0.1, -0.05) is 24.3 Å². The quantitative estimate of drug-likeness (QED) is 0.495. The lowest BCUT2D eigenvalue weighted by Crippen LogP contribution is -2.36. The Bertz CT molecular complexity index is 1440. The van der Waals surface area contributed by atoms with E-state index in [1.54, 1.807) is 19.3 Å². The second-order valence-corrected chi connectivity index (χ2v) is 9.78. The van der Waals surface area contributed by atoms with E-state index in [0.717, 1.165) is 33.8 Å². The van der Waals surface area contributed by atoms with Gasteiger partial charge in [-0.2, -0.15) is 4.31 Å². The van der Waals surface area contributed by atoms with E-state index in [1.165, 1.54) is 16.4 Å². The predicted octanol–water partition coefficient (Wildman–Crippen LogP) is 4.57. The Kier molecular flexibility index (Phi) is 5.11. The first-order valence-electron chi connectivity index (χ1n) is 10.3. The number of aromatic nitrogens is 2. The van der Waals surface area contributed by atoms with E-state index in [1.807, 2.05) is 36.4 Å². The summed E-state index contributed by atoms with van der Waals surface area (Å²) in [5.74, 6) is 0.168. The van der Waals surface area contributed by atoms with Gasteiger partial charge in [0.1, 0.15) is 11.6 Å². The SMILES string of the molecule is Cc1ccc(S(=O)(=O)N2CCc3c(ccnc3Nc3cnc4ccccc4c3)C2)cc1F. The van der Waals surface area contributed by atoms with Crippen LogP contribution >= 0.6 is 0 Å². The van der Waals surface area contributed by atoms with Crippen molar-refractivity contribution in [2.75, 3.05) is 11.9 Å². The number of sulfonamides is 1. The number of fused-ring (bicyclic) bond motifs is 2.